The van der Waals surface area contributed by atoms with E-state index in [1.54, 1.807) is 0 Å². The van der Waals surface area contributed by atoms with Gasteiger partial charge in [-0.15, -0.1) is 11.3 Å². The average molecular weight is 503 g/mol. The van der Waals surface area contributed by atoms with E-state index < -0.39 is 0 Å². The van der Waals surface area contributed by atoms with Crippen molar-refractivity contribution in [1.29, 1.82) is 0 Å². The van der Waals surface area contributed by atoms with Gasteiger partial charge in [0.05, 0.1) is 0 Å². The summed E-state index contributed by atoms with van der Waals surface area (Å²) in [4.78, 5) is 1.24. The third-order valence-corrected chi connectivity index (χ3v) is 9.55. The van der Waals surface area contributed by atoms with Gasteiger partial charge in [0, 0.05) is 25.9 Å². The first kappa shape index (κ1) is 21.8. The third kappa shape index (κ3) is 2.85. The molecule has 0 N–H and O–H groups in total. The maximum Gasteiger partial charge on any atom is 0.0440 e. The summed E-state index contributed by atoms with van der Waals surface area (Å²) >= 11 is 1.87. The summed E-state index contributed by atoms with van der Waals surface area (Å²) in [6.45, 7) is 6.26. The molecule has 1 heterocycles. The van der Waals surface area contributed by atoms with Crippen molar-refractivity contribution in [3.63, 3.8) is 0 Å². The van der Waals surface area contributed by atoms with Crippen LogP contribution in [0.1, 0.15) is 34.9 Å². The molecule has 0 spiro atoms. The van der Waals surface area contributed by atoms with Gasteiger partial charge in [0.2, 0.25) is 0 Å². The van der Waals surface area contributed by atoms with Gasteiger partial charge in [-0.1, -0.05) is 104 Å². The first-order valence-electron chi connectivity index (χ1n) is 13.4. The molecule has 0 radical (unpaired) electrons. The van der Waals surface area contributed by atoms with Gasteiger partial charge in [0.1, 0.15) is 0 Å². The molecule has 1 heteroatoms. The number of benzene rings is 6. The van der Waals surface area contributed by atoms with E-state index in [1.807, 2.05) is 17.4 Å². The zero-order valence-electron chi connectivity index (χ0n) is 21.3. The highest BCUT2D eigenvalue weighted by atomic mass is 32.1. The van der Waals surface area contributed by atoms with E-state index in [0.29, 0.717) is 0 Å². The van der Waals surface area contributed by atoms with Crippen LogP contribution in [0.2, 0.25) is 0 Å². The van der Waals surface area contributed by atoms with Gasteiger partial charge in [0.15, 0.2) is 0 Å². The molecule has 0 nitrogen and oxygen atoms in total. The van der Waals surface area contributed by atoms with E-state index in [2.05, 4.69) is 111 Å². The minimum atomic E-state index is 1.10. The molecule has 1 aliphatic carbocycles. The number of rotatable bonds is 3. The predicted molar refractivity (Wildman–Crippen MR) is 171 cm³/mol. The summed E-state index contributed by atoms with van der Waals surface area (Å²) in [5.74, 6) is 0. The lowest BCUT2D eigenvalue weighted by Gasteiger charge is -2.22. The molecule has 0 aliphatic heterocycles. The Hall–Kier alpha value is -4.20. The summed E-state index contributed by atoms with van der Waals surface area (Å²) in [5, 5.41) is 12.1. The molecule has 8 rings (SSSR count). The number of thiophene rings is 1. The lowest BCUT2D eigenvalue weighted by atomic mass is 9.82. The topological polar surface area (TPSA) is 0 Å². The normalized spacial score (nSPS) is 13.6. The maximum absolute atomic E-state index is 4.16. The molecule has 1 aliphatic rings. The Morgan fingerprint density at radius 3 is 2.47 bits per heavy atom. The van der Waals surface area contributed by atoms with Crippen molar-refractivity contribution in [2.24, 2.45) is 0 Å². The average Bonchev–Trinajstić information content (AvgIpc) is 3.34. The van der Waals surface area contributed by atoms with Crippen LogP contribution in [-0.4, -0.2) is 0 Å². The van der Waals surface area contributed by atoms with Crippen molar-refractivity contribution in [3.8, 4) is 11.1 Å². The molecule has 6 aromatic carbocycles. The molecule has 0 unspecified atom stereocenters. The minimum Gasteiger partial charge on any atom is -0.135 e. The van der Waals surface area contributed by atoms with Gasteiger partial charge < -0.3 is 0 Å². The largest absolute Gasteiger partial charge is 0.135 e. The first-order valence-corrected chi connectivity index (χ1v) is 14.2. The van der Waals surface area contributed by atoms with Gasteiger partial charge in [-0.25, -0.2) is 0 Å². The van der Waals surface area contributed by atoms with Gasteiger partial charge in [-0.05, 0) is 85.8 Å². The monoisotopic (exact) mass is 502 g/mol. The van der Waals surface area contributed by atoms with E-state index in [9.17, 15) is 0 Å². The third-order valence-electron chi connectivity index (χ3n) is 8.32. The van der Waals surface area contributed by atoms with E-state index in [4.69, 9.17) is 0 Å². The Bertz CT molecular complexity index is 2150. The van der Waals surface area contributed by atoms with Crippen molar-refractivity contribution in [3.05, 3.63) is 113 Å². The fraction of sp³-hybridized carbons (Fsp3) is 0.0811. The van der Waals surface area contributed by atoms with Crippen LogP contribution in [0.15, 0.2) is 91.5 Å². The van der Waals surface area contributed by atoms with Crippen LogP contribution in [0.3, 0.4) is 0 Å². The summed E-state index contributed by atoms with van der Waals surface area (Å²) in [5.41, 5.74) is 6.84. The summed E-state index contributed by atoms with van der Waals surface area (Å²) in [6.07, 6.45) is 13.3. The van der Waals surface area contributed by atoms with Gasteiger partial charge in [-0.2, -0.15) is 0 Å². The predicted octanol–water partition coefficient (Wildman–Crippen LogP) is 11.3. The highest BCUT2D eigenvalue weighted by Gasteiger charge is 2.23. The number of fused-ring (bicyclic) bond motifs is 5. The van der Waals surface area contributed by atoms with Crippen molar-refractivity contribution in [2.45, 2.75) is 19.8 Å². The molecule has 1 aromatic heterocycles. The zero-order chi connectivity index (χ0) is 25.4. The first-order chi connectivity index (χ1) is 18.8. The van der Waals surface area contributed by atoms with Crippen LogP contribution in [-0.2, 0) is 6.42 Å². The number of hydrogen-bond donors (Lipinski definition) is 0. The molecule has 0 saturated heterocycles. The van der Waals surface area contributed by atoms with Crippen LogP contribution in [0, 0.1) is 0 Å². The summed E-state index contributed by atoms with van der Waals surface area (Å²) in [6, 6.07) is 27.5. The van der Waals surface area contributed by atoms with Crippen molar-refractivity contribution < 1.29 is 0 Å². The molecule has 0 amide bonds. The van der Waals surface area contributed by atoms with Crippen molar-refractivity contribution in [1.82, 2.24) is 0 Å². The maximum atomic E-state index is 4.16. The highest BCUT2D eigenvalue weighted by molar-refractivity contribution is 7.21. The summed E-state index contributed by atoms with van der Waals surface area (Å²) in [7, 11) is 0. The molecular weight excluding hydrogens is 476 g/mol. The SMILES string of the molecule is C=Cc1sc2c3cccc4c(-c5c6c(cc7ccccc57)CCC=C6)cc5cccc(c2c1/C=C\C)c5c43. The van der Waals surface area contributed by atoms with E-state index in [0.717, 1.165) is 12.8 Å². The van der Waals surface area contributed by atoms with E-state index in [1.165, 1.54) is 85.9 Å². The Kier molecular flexibility index (Phi) is 4.68. The molecule has 0 saturated carbocycles. The fourth-order valence-corrected chi connectivity index (χ4v) is 7.99. The Labute approximate surface area is 226 Å². The second-order valence-electron chi connectivity index (χ2n) is 10.3. The van der Waals surface area contributed by atoms with E-state index in [-0.39, 0.29) is 0 Å². The lowest BCUT2D eigenvalue weighted by Crippen LogP contribution is -1.99. The van der Waals surface area contributed by atoms with Crippen molar-refractivity contribution in [2.75, 3.05) is 0 Å². The van der Waals surface area contributed by atoms with Gasteiger partial charge in [-0.3, -0.25) is 0 Å². The van der Waals surface area contributed by atoms with Crippen LogP contribution in [0.4, 0.5) is 0 Å². The Morgan fingerprint density at radius 1 is 0.789 bits per heavy atom. The molecule has 38 heavy (non-hydrogen) atoms. The van der Waals surface area contributed by atoms with Crippen LogP contribution < -0.4 is 0 Å². The summed E-state index contributed by atoms with van der Waals surface area (Å²) < 4.78 is 1.36. The number of aryl methyl sites for hydroxylation is 1. The molecule has 0 atom stereocenters. The highest BCUT2D eigenvalue weighted by Crippen LogP contribution is 2.50. The molecular formula is C37H26S. The standard InChI is InChI=1S/C37H26S/c1-3-11-28-32(4-2)38-37-30-19-10-17-27-31(21-24-14-9-18-29(36(28)37)33(24)35(27)30)34-25-15-7-5-12-22(25)20-23-13-6-8-16-26(23)34/h3-5,7-12,14-21H,2,6,13H2,1H3/b11-3-. The van der Waals surface area contributed by atoms with Gasteiger partial charge >= 0.3 is 0 Å². The quantitative estimate of drug-likeness (QED) is 0.211. The van der Waals surface area contributed by atoms with E-state index >= 15 is 0 Å². The van der Waals surface area contributed by atoms with Crippen molar-refractivity contribution >= 4 is 82.7 Å². The van der Waals surface area contributed by atoms with Crippen LogP contribution in [0.5, 0.6) is 0 Å². The second kappa shape index (κ2) is 8.15. The number of hydrogen-bond acceptors (Lipinski definition) is 1. The number of allylic oxidation sites excluding steroid dienone is 2. The lowest BCUT2D eigenvalue weighted by molar-refractivity contribution is 0.989. The minimum absolute atomic E-state index is 1.10. The molecule has 0 bridgehead atoms. The molecule has 7 aromatic rings. The second-order valence-corrected chi connectivity index (χ2v) is 11.4. The Morgan fingerprint density at radius 2 is 1.58 bits per heavy atom. The smallest absolute Gasteiger partial charge is 0.0440 e. The fourth-order valence-electron chi connectivity index (χ4n) is 6.80. The molecule has 0 fully saturated rings. The molecule has 180 valence electrons. The van der Waals surface area contributed by atoms with Crippen LogP contribution in [0.25, 0.3) is 82.5 Å². The Balaban J connectivity index is 1.62. The van der Waals surface area contributed by atoms with Crippen LogP contribution >= 0.6 is 11.3 Å². The zero-order valence-corrected chi connectivity index (χ0v) is 22.2. The van der Waals surface area contributed by atoms with Gasteiger partial charge in [0.25, 0.3) is 0 Å².